The summed E-state index contributed by atoms with van der Waals surface area (Å²) in [6.45, 7) is 12.2. The van der Waals surface area contributed by atoms with E-state index in [0.29, 0.717) is 34.2 Å². The van der Waals surface area contributed by atoms with Gasteiger partial charge in [-0.05, 0) is 63.4 Å². The highest BCUT2D eigenvalue weighted by atomic mass is 35.5. The van der Waals surface area contributed by atoms with E-state index >= 15 is 4.39 Å². The first-order valence-corrected chi connectivity index (χ1v) is 17.2. The number of piperazine rings is 1. The maximum absolute atomic E-state index is 15.1. The Labute approximate surface area is 263 Å². The van der Waals surface area contributed by atoms with Crippen molar-refractivity contribution in [1.82, 2.24) is 24.4 Å². The van der Waals surface area contributed by atoms with Crippen LogP contribution in [-0.4, -0.2) is 74.4 Å². The van der Waals surface area contributed by atoms with E-state index < -0.39 is 42.2 Å². The first-order chi connectivity index (χ1) is 21.1. The standard InChI is InChI=1S/C31H32ClF2N6O4P/c1-7-22-27(16(2)13-24(35-22)45(5,6)44)40-29-19(14-20(32)26(36-29)25-21(34)9-8-10-23(25)41)28(37-31(40)43)39-12-11-38(15-17(39)3)30(42)18(4)33/h8-10,13-14,17,41H,4,7,11-12,15H2,1-3,5-6H3/t17-/m0/s1. The van der Waals surface area contributed by atoms with Crippen LogP contribution in [0.5, 0.6) is 5.75 Å². The number of anilines is 1. The molecular weight excluding hydrogens is 625 g/mol. The van der Waals surface area contributed by atoms with Gasteiger partial charge in [0.15, 0.2) is 11.5 Å². The number of rotatable bonds is 6. The molecule has 1 aromatic carbocycles. The number of carbonyl (C=O) groups excluding carboxylic acids is 1. The normalized spacial score (nSPS) is 15.5. The molecule has 1 aliphatic rings. The summed E-state index contributed by atoms with van der Waals surface area (Å²) in [5.74, 6) is -2.82. The highest BCUT2D eigenvalue weighted by molar-refractivity contribution is 7.69. The number of aromatic nitrogens is 4. The fraction of sp³-hybridized carbons (Fsp3) is 0.323. The van der Waals surface area contributed by atoms with Crippen LogP contribution in [0.1, 0.15) is 25.1 Å². The molecule has 1 N–H and O–H groups in total. The molecule has 10 nitrogen and oxygen atoms in total. The van der Waals surface area contributed by atoms with Crippen molar-refractivity contribution >= 4 is 46.9 Å². The average Bonchev–Trinajstić information content (AvgIpc) is 2.96. The van der Waals surface area contributed by atoms with Gasteiger partial charge in [-0.15, -0.1) is 0 Å². The summed E-state index contributed by atoms with van der Waals surface area (Å²) in [6.07, 6.45) is 0.376. The molecule has 0 unspecified atom stereocenters. The van der Waals surface area contributed by atoms with E-state index in [0.717, 1.165) is 6.07 Å². The fourth-order valence-corrected chi connectivity index (χ4v) is 6.73. The highest BCUT2D eigenvalue weighted by Gasteiger charge is 2.32. The van der Waals surface area contributed by atoms with Gasteiger partial charge < -0.3 is 19.5 Å². The summed E-state index contributed by atoms with van der Waals surface area (Å²) in [6, 6.07) is 6.57. The summed E-state index contributed by atoms with van der Waals surface area (Å²) in [5.41, 5.74) is 0.874. The molecule has 1 fully saturated rings. The van der Waals surface area contributed by atoms with Crippen LogP contribution in [0.3, 0.4) is 0 Å². The lowest BCUT2D eigenvalue weighted by atomic mass is 10.1. The minimum atomic E-state index is -2.75. The number of fused-ring (bicyclic) bond motifs is 1. The van der Waals surface area contributed by atoms with Gasteiger partial charge >= 0.3 is 5.69 Å². The number of hydrogen-bond donors (Lipinski definition) is 1. The number of halogens is 3. The second-order valence-electron chi connectivity index (χ2n) is 11.4. The molecule has 236 valence electrons. The Kier molecular flexibility index (Phi) is 8.59. The van der Waals surface area contributed by atoms with Crippen molar-refractivity contribution in [2.24, 2.45) is 0 Å². The third-order valence-corrected chi connectivity index (χ3v) is 9.42. The summed E-state index contributed by atoms with van der Waals surface area (Å²) in [5, 5.41) is 10.9. The monoisotopic (exact) mass is 656 g/mol. The van der Waals surface area contributed by atoms with Crippen LogP contribution < -0.4 is 16.0 Å². The Hall–Kier alpha value is -4.15. The zero-order valence-electron chi connectivity index (χ0n) is 25.4. The molecule has 1 atom stereocenters. The van der Waals surface area contributed by atoms with Gasteiger partial charge in [-0.25, -0.2) is 28.1 Å². The van der Waals surface area contributed by atoms with Gasteiger partial charge in [0.05, 0.1) is 33.0 Å². The van der Waals surface area contributed by atoms with E-state index in [1.165, 1.54) is 27.7 Å². The number of benzene rings is 1. The lowest BCUT2D eigenvalue weighted by molar-refractivity contribution is -0.129. The van der Waals surface area contributed by atoms with E-state index in [1.807, 2.05) is 6.92 Å². The number of aromatic hydroxyl groups is 1. The maximum Gasteiger partial charge on any atom is 0.355 e. The first kappa shape index (κ1) is 32.2. The van der Waals surface area contributed by atoms with E-state index in [-0.39, 0.29) is 47.4 Å². The van der Waals surface area contributed by atoms with E-state index in [2.05, 4.69) is 16.5 Å². The van der Waals surface area contributed by atoms with Crippen molar-refractivity contribution in [3.05, 3.63) is 75.3 Å². The van der Waals surface area contributed by atoms with E-state index in [9.17, 15) is 23.7 Å². The lowest BCUT2D eigenvalue weighted by Gasteiger charge is -2.40. The SMILES string of the molecule is C=C(F)C(=O)N1CCN(c2nc(=O)n(-c3c(C)cc(P(C)(C)=O)nc3CC)c3nc(-c4c(O)cccc4F)c(Cl)cc23)[C@@H](C)C1. The summed E-state index contributed by atoms with van der Waals surface area (Å²) in [4.78, 5) is 43.3. The lowest BCUT2D eigenvalue weighted by Crippen LogP contribution is -2.54. The largest absolute Gasteiger partial charge is 0.507 e. The molecule has 1 saturated heterocycles. The number of phenols is 1. The van der Waals surface area contributed by atoms with Crippen molar-refractivity contribution in [1.29, 1.82) is 0 Å². The van der Waals surface area contributed by atoms with Crippen LogP contribution in [0.2, 0.25) is 5.02 Å². The quantitative estimate of drug-likeness (QED) is 0.228. The summed E-state index contributed by atoms with van der Waals surface area (Å²) in [7, 11) is -2.75. The molecule has 0 saturated carbocycles. The van der Waals surface area contributed by atoms with Gasteiger partial charge in [-0.1, -0.05) is 31.2 Å². The molecule has 0 spiro atoms. The number of amides is 1. The molecule has 0 radical (unpaired) electrons. The fourth-order valence-electron chi connectivity index (χ4n) is 5.62. The Morgan fingerprint density at radius 1 is 1.20 bits per heavy atom. The van der Waals surface area contributed by atoms with Gasteiger partial charge in [0.1, 0.15) is 30.0 Å². The molecule has 0 bridgehead atoms. The van der Waals surface area contributed by atoms with Crippen LogP contribution in [0.25, 0.3) is 28.0 Å². The van der Waals surface area contributed by atoms with Crippen LogP contribution >= 0.6 is 18.7 Å². The molecule has 1 amide bonds. The summed E-state index contributed by atoms with van der Waals surface area (Å²) >= 11 is 6.71. The van der Waals surface area contributed by atoms with Crippen molar-refractivity contribution in [2.45, 2.75) is 33.2 Å². The number of hydrogen-bond acceptors (Lipinski definition) is 8. The van der Waals surface area contributed by atoms with Crippen LogP contribution in [0.4, 0.5) is 14.6 Å². The number of pyridine rings is 2. The van der Waals surface area contributed by atoms with E-state index in [4.69, 9.17) is 16.6 Å². The topological polar surface area (TPSA) is 122 Å². The molecule has 45 heavy (non-hydrogen) atoms. The van der Waals surface area contributed by atoms with Gasteiger partial charge in [0.2, 0.25) is 0 Å². The number of aryl methyl sites for hydroxylation is 2. The van der Waals surface area contributed by atoms with Crippen molar-refractivity contribution < 1.29 is 23.2 Å². The zero-order chi connectivity index (χ0) is 33.0. The Morgan fingerprint density at radius 2 is 1.91 bits per heavy atom. The Morgan fingerprint density at radius 3 is 2.51 bits per heavy atom. The Bertz CT molecular complexity index is 1980. The predicted molar refractivity (Wildman–Crippen MR) is 172 cm³/mol. The minimum Gasteiger partial charge on any atom is -0.507 e. The van der Waals surface area contributed by atoms with Crippen LogP contribution in [0, 0.1) is 12.7 Å². The third kappa shape index (κ3) is 5.84. The maximum atomic E-state index is 15.1. The van der Waals surface area contributed by atoms with Gasteiger partial charge in [-0.3, -0.25) is 4.79 Å². The molecule has 5 rings (SSSR count). The minimum absolute atomic E-state index is 0.00911. The highest BCUT2D eigenvalue weighted by Crippen LogP contribution is 2.39. The van der Waals surface area contributed by atoms with Gasteiger partial charge in [-0.2, -0.15) is 4.98 Å². The van der Waals surface area contributed by atoms with Gasteiger partial charge in [0.25, 0.3) is 5.91 Å². The van der Waals surface area contributed by atoms with Crippen molar-refractivity contribution in [3.63, 3.8) is 0 Å². The number of phenolic OH excluding ortho intramolecular Hbond substituents is 1. The van der Waals surface area contributed by atoms with Crippen LogP contribution in [-0.2, 0) is 15.8 Å². The molecule has 14 heteroatoms. The number of carbonyl (C=O) groups is 1. The molecule has 3 aromatic heterocycles. The van der Waals surface area contributed by atoms with Gasteiger partial charge in [0, 0.05) is 25.7 Å². The Balaban J connectivity index is 1.82. The van der Waals surface area contributed by atoms with Crippen molar-refractivity contribution in [2.75, 3.05) is 37.9 Å². The summed E-state index contributed by atoms with van der Waals surface area (Å²) < 4.78 is 42.9. The molecular formula is C31H32ClF2N6O4P. The molecule has 0 aliphatic carbocycles. The molecule has 1 aliphatic heterocycles. The smallest absolute Gasteiger partial charge is 0.355 e. The van der Waals surface area contributed by atoms with Crippen LogP contribution in [0.15, 0.2) is 47.5 Å². The second kappa shape index (κ2) is 12.0. The zero-order valence-corrected chi connectivity index (χ0v) is 27.1. The second-order valence-corrected chi connectivity index (χ2v) is 14.9. The first-order valence-electron chi connectivity index (χ1n) is 14.2. The molecule has 4 aromatic rings. The number of nitrogens with zero attached hydrogens (tertiary/aromatic N) is 6. The third-order valence-electron chi connectivity index (χ3n) is 7.80. The predicted octanol–water partition coefficient (Wildman–Crippen LogP) is 4.98. The average molecular weight is 657 g/mol. The van der Waals surface area contributed by atoms with Crippen molar-refractivity contribution in [3.8, 4) is 22.7 Å². The molecule has 4 heterocycles. The van der Waals surface area contributed by atoms with E-state index in [1.54, 1.807) is 38.1 Å².